The van der Waals surface area contributed by atoms with Gasteiger partial charge < -0.3 is 5.32 Å². The van der Waals surface area contributed by atoms with Crippen molar-refractivity contribution in [3.8, 4) is 6.07 Å². The van der Waals surface area contributed by atoms with Gasteiger partial charge in [-0.3, -0.25) is 9.88 Å². The summed E-state index contributed by atoms with van der Waals surface area (Å²) in [7, 11) is 0. The Bertz CT molecular complexity index is 688. The number of hydrogen-bond acceptors (Lipinski definition) is 4. The lowest BCUT2D eigenvalue weighted by Crippen LogP contribution is -2.38. The van der Waals surface area contributed by atoms with Crippen molar-refractivity contribution < 1.29 is 4.39 Å². The van der Waals surface area contributed by atoms with Gasteiger partial charge in [-0.2, -0.15) is 5.26 Å². The Hall–Kier alpha value is -2.45. The summed E-state index contributed by atoms with van der Waals surface area (Å²) in [6.45, 7) is 2.79. The van der Waals surface area contributed by atoms with E-state index in [1.54, 1.807) is 12.1 Å². The van der Waals surface area contributed by atoms with E-state index in [0.29, 0.717) is 11.3 Å². The fourth-order valence-electron chi connectivity index (χ4n) is 2.88. The first kappa shape index (κ1) is 15.4. The lowest BCUT2D eigenvalue weighted by atomic mass is 10.0. The zero-order chi connectivity index (χ0) is 16.1. The molecular weight excluding hydrogens is 291 g/mol. The van der Waals surface area contributed by atoms with Gasteiger partial charge in [0.2, 0.25) is 0 Å². The molecule has 0 saturated carbocycles. The molecule has 1 fully saturated rings. The van der Waals surface area contributed by atoms with Gasteiger partial charge in [0, 0.05) is 31.9 Å². The standard InChI is InChI=1S/C18H19FN4/c19-17-11-14(12-20)4-5-18(17)22-15-6-9-23(10-7-15)13-16-3-1-2-8-21-16/h1-5,8,11,15,22H,6-7,9-10,13H2. The highest BCUT2D eigenvalue weighted by molar-refractivity contribution is 5.49. The third kappa shape index (κ3) is 4.05. The van der Waals surface area contributed by atoms with Crippen LogP contribution in [0.1, 0.15) is 24.1 Å². The molecule has 0 atom stereocenters. The Labute approximate surface area is 135 Å². The molecule has 1 aliphatic rings. The molecule has 1 aromatic heterocycles. The zero-order valence-electron chi connectivity index (χ0n) is 12.9. The van der Waals surface area contributed by atoms with Gasteiger partial charge in [-0.1, -0.05) is 6.07 Å². The molecule has 0 bridgehead atoms. The minimum absolute atomic E-state index is 0.261. The molecule has 0 radical (unpaired) electrons. The monoisotopic (exact) mass is 310 g/mol. The molecule has 1 aromatic carbocycles. The molecular formula is C18H19FN4. The minimum atomic E-state index is -0.361. The molecule has 0 aliphatic carbocycles. The Morgan fingerprint density at radius 2 is 2.09 bits per heavy atom. The van der Waals surface area contributed by atoms with Gasteiger partial charge in [0.1, 0.15) is 5.82 Å². The molecule has 1 N–H and O–H groups in total. The highest BCUT2D eigenvalue weighted by Crippen LogP contribution is 2.21. The zero-order valence-corrected chi connectivity index (χ0v) is 12.9. The largest absolute Gasteiger partial charge is 0.380 e. The van der Waals surface area contributed by atoms with Crippen molar-refractivity contribution in [1.82, 2.24) is 9.88 Å². The number of aromatic nitrogens is 1. The predicted octanol–water partition coefficient (Wildman–Crippen LogP) is 3.17. The van der Waals surface area contributed by atoms with Crippen molar-refractivity contribution in [2.45, 2.75) is 25.4 Å². The predicted molar refractivity (Wildman–Crippen MR) is 87.3 cm³/mol. The van der Waals surface area contributed by atoms with Gasteiger partial charge in [0.05, 0.1) is 23.0 Å². The fourth-order valence-corrected chi connectivity index (χ4v) is 2.88. The third-order valence-corrected chi connectivity index (χ3v) is 4.16. The quantitative estimate of drug-likeness (QED) is 0.942. The maximum atomic E-state index is 13.9. The number of benzene rings is 1. The van der Waals surface area contributed by atoms with E-state index in [2.05, 4.69) is 15.2 Å². The van der Waals surface area contributed by atoms with Gasteiger partial charge in [0.25, 0.3) is 0 Å². The fraction of sp³-hybridized carbons (Fsp3) is 0.333. The number of nitriles is 1. The number of hydrogen-bond donors (Lipinski definition) is 1. The first-order chi connectivity index (χ1) is 11.2. The summed E-state index contributed by atoms with van der Waals surface area (Å²) in [4.78, 5) is 6.72. The van der Waals surface area contributed by atoms with Crippen LogP contribution in [-0.4, -0.2) is 29.0 Å². The average Bonchev–Trinajstić information content (AvgIpc) is 2.59. The van der Waals surface area contributed by atoms with Crippen molar-refractivity contribution in [2.75, 3.05) is 18.4 Å². The summed E-state index contributed by atoms with van der Waals surface area (Å²) in [6.07, 6.45) is 3.75. The first-order valence-electron chi connectivity index (χ1n) is 7.83. The molecule has 1 aliphatic heterocycles. The van der Waals surface area contributed by atoms with Crippen molar-refractivity contribution in [3.05, 3.63) is 59.7 Å². The molecule has 2 heterocycles. The average molecular weight is 310 g/mol. The Morgan fingerprint density at radius 3 is 2.74 bits per heavy atom. The number of piperidine rings is 1. The SMILES string of the molecule is N#Cc1ccc(NC2CCN(Cc3ccccn3)CC2)c(F)c1. The van der Waals surface area contributed by atoms with E-state index in [0.717, 1.165) is 38.2 Å². The molecule has 23 heavy (non-hydrogen) atoms. The van der Waals surface area contributed by atoms with Gasteiger partial charge in [-0.25, -0.2) is 4.39 Å². The lowest BCUT2D eigenvalue weighted by Gasteiger charge is -2.32. The van der Waals surface area contributed by atoms with Crippen LogP contribution in [0, 0.1) is 17.1 Å². The van der Waals surface area contributed by atoms with Crippen LogP contribution in [0.5, 0.6) is 0 Å². The van der Waals surface area contributed by atoms with Crippen LogP contribution < -0.4 is 5.32 Å². The van der Waals surface area contributed by atoms with Gasteiger partial charge in [0.15, 0.2) is 0 Å². The van der Waals surface area contributed by atoms with Gasteiger partial charge in [-0.15, -0.1) is 0 Å². The van der Waals surface area contributed by atoms with Crippen LogP contribution in [0.15, 0.2) is 42.6 Å². The van der Waals surface area contributed by atoms with E-state index in [9.17, 15) is 4.39 Å². The highest BCUT2D eigenvalue weighted by atomic mass is 19.1. The minimum Gasteiger partial charge on any atom is -0.380 e. The number of anilines is 1. The summed E-state index contributed by atoms with van der Waals surface area (Å²) < 4.78 is 13.9. The van der Waals surface area contributed by atoms with Crippen LogP contribution in [0.3, 0.4) is 0 Å². The van der Waals surface area contributed by atoms with Crippen LogP contribution in [0.25, 0.3) is 0 Å². The third-order valence-electron chi connectivity index (χ3n) is 4.16. The maximum Gasteiger partial charge on any atom is 0.147 e. The van der Waals surface area contributed by atoms with Crippen molar-refractivity contribution in [2.24, 2.45) is 0 Å². The second-order valence-corrected chi connectivity index (χ2v) is 5.82. The van der Waals surface area contributed by atoms with E-state index in [1.165, 1.54) is 6.07 Å². The van der Waals surface area contributed by atoms with Gasteiger partial charge >= 0.3 is 0 Å². The van der Waals surface area contributed by atoms with Crippen molar-refractivity contribution in [1.29, 1.82) is 5.26 Å². The van der Waals surface area contributed by atoms with Gasteiger partial charge in [-0.05, 0) is 43.2 Å². The van der Waals surface area contributed by atoms with Crippen LogP contribution >= 0.6 is 0 Å². The summed E-state index contributed by atoms with van der Waals surface area (Å²) >= 11 is 0. The topological polar surface area (TPSA) is 52.0 Å². The molecule has 1 saturated heterocycles. The molecule has 2 aromatic rings. The number of nitrogens with zero attached hydrogens (tertiary/aromatic N) is 3. The Kier molecular flexibility index (Phi) is 4.84. The summed E-state index contributed by atoms with van der Waals surface area (Å²) in [6, 6.07) is 12.7. The molecule has 3 rings (SSSR count). The van der Waals surface area contributed by atoms with E-state index in [4.69, 9.17) is 5.26 Å². The first-order valence-corrected chi connectivity index (χ1v) is 7.83. The second kappa shape index (κ2) is 7.21. The number of halogens is 1. The molecule has 0 amide bonds. The number of likely N-dealkylation sites (tertiary alicyclic amines) is 1. The highest BCUT2D eigenvalue weighted by Gasteiger charge is 2.20. The molecule has 118 valence electrons. The van der Waals surface area contributed by atoms with Crippen LogP contribution in [-0.2, 0) is 6.54 Å². The van der Waals surface area contributed by atoms with E-state index in [-0.39, 0.29) is 11.9 Å². The number of rotatable bonds is 4. The lowest BCUT2D eigenvalue weighted by molar-refractivity contribution is 0.209. The number of pyridine rings is 1. The Balaban J connectivity index is 1.52. The van der Waals surface area contributed by atoms with E-state index in [1.807, 2.05) is 30.5 Å². The Morgan fingerprint density at radius 1 is 1.26 bits per heavy atom. The van der Waals surface area contributed by atoms with E-state index >= 15 is 0 Å². The molecule has 5 heteroatoms. The molecule has 0 unspecified atom stereocenters. The van der Waals surface area contributed by atoms with Crippen molar-refractivity contribution >= 4 is 5.69 Å². The summed E-state index contributed by atoms with van der Waals surface area (Å²) in [5.41, 5.74) is 1.91. The van der Waals surface area contributed by atoms with E-state index < -0.39 is 0 Å². The molecule has 4 nitrogen and oxygen atoms in total. The van der Waals surface area contributed by atoms with Crippen LogP contribution in [0.2, 0.25) is 0 Å². The summed E-state index contributed by atoms with van der Waals surface area (Å²) in [5, 5.41) is 12.0. The maximum absolute atomic E-state index is 13.9. The molecule has 0 spiro atoms. The van der Waals surface area contributed by atoms with Crippen molar-refractivity contribution in [3.63, 3.8) is 0 Å². The second-order valence-electron chi connectivity index (χ2n) is 5.82. The smallest absolute Gasteiger partial charge is 0.147 e. The summed E-state index contributed by atoms with van der Waals surface area (Å²) in [5.74, 6) is -0.361. The normalized spacial score (nSPS) is 16.0. The van der Waals surface area contributed by atoms with Crippen LogP contribution in [0.4, 0.5) is 10.1 Å². The number of nitrogens with one attached hydrogen (secondary N) is 1.